The molecule has 2 aromatic carbocycles. The molecule has 0 atom stereocenters. The molecule has 0 unspecified atom stereocenters. The molecular weight excluding hydrogens is 294 g/mol. The molecule has 0 saturated heterocycles. The molecule has 110 valence electrons. The number of ether oxygens (including phenoxy) is 2. The largest absolute Gasteiger partial charge is 0.486 e. The van der Waals surface area contributed by atoms with Crippen molar-refractivity contribution in [1.29, 1.82) is 0 Å². The summed E-state index contributed by atoms with van der Waals surface area (Å²) in [6.07, 6.45) is 0.871. The van der Waals surface area contributed by atoms with Crippen molar-refractivity contribution in [1.82, 2.24) is 4.98 Å². The fourth-order valence-corrected chi connectivity index (χ4v) is 3.34. The second-order valence-corrected chi connectivity index (χ2v) is 6.09. The Morgan fingerprint density at radius 3 is 2.64 bits per heavy atom. The van der Waals surface area contributed by atoms with Crippen LogP contribution in [0.25, 0.3) is 11.3 Å². The van der Waals surface area contributed by atoms with Gasteiger partial charge in [-0.15, -0.1) is 11.3 Å². The number of rotatable bonds is 3. The highest BCUT2D eigenvalue weighted by Crippen LogP contribution is 2.34. The van der Waals surface area contributed by atoms with E-state index in [1.165, 1.54) is 5.56 Å². The summed E-state index contributed by atoms with van der Waals surface area (Å²) in [5, 5.41) is 3.22. The highest BCUT2D eigenvalue weighted by atomic mass is 32.1. The average Bonchev–Trinajstić information content (AvgIpc) is 3.04. The first-order valence-electron chi connectivity index (χ1n) is 7.27. The Balaban J connectivity index is 1.59. The number of hydrogen-bond donors (Lipinski definition) is 0. The minimum Gasteiger partial charge on any atom is -0.486 e. The molecular formula is C18H15NO2S. The van der Waals surface area contributed by atoms with Gasteiger partial charge in [0.1, 0.15) is 13.2 Å². The highest BCUT2D eigenvalue weighted by molar-refractivity contribution is 7.10. The molecule has 0 radical (unpaired) electrons. The van der Waals surface area contributed by atoms with Gasteiger partial charge in [0.05, 0.1) is 10.7 Å². The predicted molar refractivity (Wildman–Crippen MR) is 87.8 cm³/mol. The van der Waals surface area contributed by atoms with Crippen molar-refractivity contribution in [2.75, 3.05) is 13.2 Å². The van der Waals surface area contributed by atoms with Crippen molar-refractivity contribution in [3.05, 3.63) is 64.5 Å². The molecule has 0 bridgehead atoms. The smallest absolute Gasteiger partial charge is 0.162 e. The molecule has 3 nitrogen and oxygen atoms in total. The molecule has 0 amide bonds. The Kier molecular flexibility index (Phi) is 3.52. The van der Waals surface area contributed by atoms with Gasteiger partial charge in [-0.05, 0) is 23.8 Å². The number of benzene rings is 2. The van der Waals surface area contributed by atoms with Crippen LogP contribution in [0, 0.1) is 0 Å². The summed E-state index contributed by atoms with van der Waals surface area (Å²) in [6.45, 7) is 1.22. The first-order chi connectivity index (χ1) is 10.9. The van der Waals surface area contributed by atoms with E-state index in [1.807, 2.05) is 24.3 Å². The molecule has 22 heavy (non-hydrogen) atoms. The molecule has 1 aromatic heterocycles. The predicted octanol–water partition coefficient (Wildman–Crippen LogP) is 4.17. The van der Waals surface area contributed by atoms with Gasteiger partial charge in [-0.1, -0.05) is 30.3 Å². The van der Waals surface area contributed by atoms with Gasteiger partial charge in [0.15, 0.2) is 11.5 Å². The van der Waals surface area contributed by atoms with E-state index < -0.39 is 0 Å². The summed E-state index contributed by atoms with van der Waals surface area (Å²) in [7, 11) is 0. The number of aromatic nitrogens is 1. The Morgan fingerprint density at radius 2 is 1.77 bits per heavy atom. The summed E-state index contributed by atoms with van der Waals surface area (Å²) in [5.74, 6) is 1.62. The molecule has 4 heteroatoms. The molecule has 1 aliphatic heterocycles. The van der Waals surface area contributed by atoms with Gasteiger partial charge < -0.3 is 9.47 Å². The fraction of sp³-hybridized carbons (Fsp3) is 0.167. The standard InChI is InChI=1S/C18H15NO2S/c1-2-4-13(5-3-1)10-18-19-15(12-22-18)14-6-7-16-17(11-14)21-9-8-20-16/h1-7,11-12H,8-10H2. The van der Waals surface area contributed by atoms with Crippen LogP contribution in [0.2, 0.25) is 0 Å². The Bertz CT molecular complexity index is 783. The Labute approximate surface area is 133 Å². The topological polar surface area (TPSA) is 31.4 Å². The molecule has 1 aliphatic rings. The van der Waals surface area contributed by atoms with Gasteiger partial charge in [-0.25, -0.2) is 4.98 Å². The van der Waals surface area contributed by atoms with Crippen LogP contribution in [0.4, 0.5) is 0 Å². The fourth-order valence-electron chi connectivity index (χ4n) is 2.50. The van der Waals surface area contributed by atoms with Gasteiger partial charge in [0.2, 0.25) is 0 Å². The number of thiazole rings is 1. The monoisotopic (exact) mass is 309 g/mol. The van der Waals surface area contributed by atoms with E-state index in [0.29, 0.717) is 13.2 Å². The number of hydrogen-bond acceptors (Lipinski definition) is 4. The van der Waals surface area contributed by atoms with Crippen LogP contribution >= 0.6 is 11.3 Å². The van der Waals surface area contributed by atoms with Crippen molar-refractivity contribution in [2.24, 2.45) is 0 Å². The molecule has 0 saturated carbocycles. The van der Waals surface area contributed by atoms with E-state index in [9.17, 15) is 0 Å². The molecule has 2 heterocycles. The van der Waals surface area contributed by atoms with E-state index in [4.69, 9.17) is 14.5 Å². The van der Waals surface area contributed by atoms with E-state index in [2.05, 4.69) is 29.6 Å². The summed E-state index contributed by atoms with van der Waals surface area (Å²) in [6, 6.07) is 16.4. The van der Waals surface area contributed by atoms with Crippen LogP contribution in [0.15, 0.2) is 53.9 Å². The molecule has 0 spiro atoms. The lowest BCUT2D eigenvalue weighted by Crippen LogP contribution is -2.15. The maximum Gasteiger partial charge on any atom is 0.162 e. The zero-order chi connectivity index (χ0) is 14.8. The van der Waals surface area contributed by atoms with Crippen molar-refractivity contribution in [3.63, 3.8) is 0 Å². The molecule has 0 N–H and O–H groups in total. The maximum atomic E-state index is 5.64. The lowest BCUT2D eigenvalue weighted by molar-refractivity contribution is 0.171. The minimum absolute atomic E-state index is 0.604. The summed E-state index contributed by atoms with van der Waals surface area (Å²) in [4.78, 5) is 4.75. The molecule has 0 aliphatic carbocycles. The van der Waals surface area contributed by atoms with Gasteiger partial charge >= 0.3 is 0 Å². The summed E-state index contributed by atoms with van der Waals surface area (Å²) < 4.78 is 11.2. The average molecular weight is 309 g/mol. The molecule has 3 aromatic rings. The van der Waals surface area contributed by atoms with Gasteiger partial charge in [-0.3, -0.25) is 0 Å². The third-order valence-corrected chi connectivity index (χ3v) is 4.44. The van der Waals surface area contributed by atoms with E-state index in [1.54, 1.807) is 11.3 Å². The Hall–Kier alpha value is -2.33. The summed E-state index contributed by atoms with van der Waals surface area (Å²) >= 11 is 1.69. The minimum atomic E-state index is 0.604. The van der Waals surface area contributed by atoms with Crippen molar-refractivity contribution < 1.29 is 9.47 Å². The van der Waals surface area contributed by atoms with Crippen molar-refractivity contribution in [2.45, 2.75) is 6.42 Å². The second-order valence-electron chi connectivity index (χ2n) is 5.15. The zero-order valence-electron chi connectivity index (χ0n) is 12.0. The van der Waals surface area contributed by atoms with Crippen LogP contribution in [-0.4, -0.2) is 18.2 Å². The van der Waals surface area contributed by atoms with Crippen molar-refractivity contribution >= 4 is 11.3 Å². The normalized spacial score (nSPS) is 13.1. The highest BCUT2D eigenvalue weighted by Gasteiger charge is 2.13. The first-order valence-corrected chi connectivity index (χ1v) is 8.15. The van der Waals surface area contributed by atoms with E-state index >= 15 is 0 Å². The summed E-state index contributed by atoms with van der Waals surface area (Å²) in [5.41, 5.74) is 3.35. The van der Waals surface area contributed by atoms with Gasteiger partial charge in [-0.2, -0.15) is 0 Å². The van der Waals surface area contributed by atoms with Crippen LogP contribution in [-0.2, 0) is 6.42 Å². The zero-order valence-corrected chi connectivity index (χ0v) is 12.8. The van der Waals surface area contributed by atoms with E-state index in [0.717, 1.165) is 34.2 Å². The number of fused-ring (bicyclic) bond motifs is 1. The number of nitrogens with zero attached hydrogens (tertiary/aromatic N) is 1. The van der Waals surface area contributed by atoms with Crippen LogP contribution in [0.5, 0.6) is 11.5 Å². The molecule has 0 fully saturated rings. The van der Waals surface area contributed by atoms with Crippen LogP contribution < -0.4 is 9.47 Å². The maximum absolute atomic E-state index is 5.64. The van der Waals surface area contributed by atoms with Gasteiger partial charge in [0.25, 0.3) is 0 Å². The second kappa shape index (κ2) is 5.81. The lowest BCUT2D eigenvalue weighted by atomic mass is 10.1. The SMILES string of the molecule is c1ccc(Cc2nc(-c3ccc4c(c3)OCCO4)cs2)cc1. The third-order valence-electron chi connectivity index (χ3n) is 3.59. The van der Waals surface area contributed by atoms with E-state index in [-0.39, 0.29) is 0 Å². The third kappa shape index (κ3) is 2.70. The first kappa shape index (κ1) is 13.3. The van der Waals surface area contributed by atoms with Gasteiger partial charge in [0, 0.05) is 17.4 Å². The Morgan fingerprint density at radius 1 is 0.955 bits per heavy atom. The molecule has 4 rings (SSSR count). The van der Waals surface area contributed by atoms with Crippen LogP contribution in [0.3, 0.4) is 0 Å². The quantitative estimate of drug-likeness (QED) is 0.727. The van der Waals surface area contributed by atoms with Crippen molar-refractivity contribution in [3.8, 4) is 22.8 Å². The lowest BCUT2D eigenvalue weighted by Gasteiger charge is -2.18. The van der Waals surface area contributed by atoms with Crippen LogP contribution in [0.1, 0.15) is 10.6 Å².